The molecular weight excluding hydrogens is 290 g/mol. The number of hydrogen-bond donors (Lipinski definition) is 1. The van der Waals surface area contributed by atoms with Crippen molar-refractivity contribution in [2.45, 2.75) is 52.6 Å². The molecule has 0 radical (unpaired) electrons. The van der Waals surface area contributed by atoms with Crippen LogP contribution in [0.2, 0.25) is 0 Å². The predicted molar refractivity (Wildman–Crippen MR) is 81.1 cm³/mol. The third kappa shape index (κ3) is 5.87. The maximum Gasteiger partial charge on any atom is 0.133 e. The fourth-order valence-electron chi connectivity index (χ4n) is 1.63. The van der Waals surface area contributed by atoms with E-state index >= 15 is 0 Å². The lowest BCUT2D eigenvalue weighted by molar-refractivity contribution is 0.304. The minimum absolute atomic E-state index is 0.508. The second-order valence-electron chi connectivity index (χ2n) is 4.86. The van der Waals surface area contributed by atoms with Crippen molar-refractivity contribution in [2.75, 3.05) is 6.61 Å². The number of hydrogen-bond acceptors (Lipinski definition) is 2. The summed E-state index contributed by atoms with van der Waals surface area (Å²) < 4.78 is 6.80. The molecule has 1 aromatic rings. The highest BCUT2D eigenvalue weighted by atomic mass is 79.9. The molecule has 0 amide bonds. The molecule has 0 aliphatic rings. The summed E-state index contributed by atoms with van der Waals surface area (Å²) in [5.41, 5.74) is 1.27. The molecule has 0 fully saturated rings. The van der Waals surface area contributed by atoms with E-state index in [0.717, 1.165) is 29.8 Å². The number of nitrogens with one attached hydrogen (secondary N) is 1. The molecule has 18 heavy (non-hydrogen) atoms. The first-order chi connectivity index (χ1) is 8.63. The van der Waals surface area contributed by atoms with Crippen LogP contribution >= 0.6 is 15.9 Å². The van der Waals surface area contributed by atoms with Crippen molar-refractivity contribution in [3.8, 4) is 5.75 Å². The number of rotatable bonds is 8. The highest BCUT2D eigenvalue weighted by molar-refractivity contribution is 9.10. The number of halogens is 1. The zero-order chi connectivity index (χ0) is 13.4. The van der Waals surface area contributed by atoms with Crippen LogP contribution in [0.25, 0.3) is 0 Å². The van der Waals surface area contributed by atoms with Gasteiger partial charge in [0.05, 0.1) is 11.1 Å². The van der Waals surface area contributed by atoms with Gasteiger partial charge in [0.25, 0.3) is 0 Å². The molecule has 0 saturated heterocycles. The quantitative estimate of drug-likeness (QED) is 0.713. The van der Waals surface area contributed by atoms with E-state index in [9.17, 15) is 0 Å². The highest BCUT2D eigenvalue weighted by Crippen LogP contribution is 2.26. The SMILES string of the molecule is CCCCCOc1ccc(CNC(C)C)cc1Br. The third-order valence-electron chi connectivity index (χ3n) is 2.72. The molecular formula is C15H24BrNO. The Bertz CT molecular complexity index is 352. The number of unbranched alkanes of at least 4 members (excludes halogenated alkanes) is 2. The van der Waals surface area contributed by atoms with Crippen LogP contribution in [0.4, 0.5) is 0 Å². The van der Waals surface area contributed by atoms with Crippen molar-refractivity contribution in [3.05, 3.63) is 28.2 Å². The lowest BCUT2D eigenvalue weighted by Gasteiger charge is -2.11. The van der Waals surface area contributed by atoms with Gasteiger partial charge in [-0.25, -0.2) is 0 Å². The van der Waals surface area contributed by atoms with E-state index < -0.39 is 0 Å². The molecule has 102 valence electrons. The van der Waals surface area contributed by atoms with Crippen LogP contribution in [-0.4, -0.2) is 12.6 Å². The first kappa shape index (κ1) is 15.5. The van der Waals surface area contributed by atoms with Crippen LogP contribution in [-0.2, 0) is 6.54 Å². The Morgan fingerprint density at radius 3 is 2.67 bits per heavy atom. The molecule has 0 spiro atoms. The van der Waals surface area contributed by atoms with E-state index in [-0.39, 0.29) is 0 Å². The Labute approximate surface area is 119 Å². The smallest absolute Gasteiger partial charge is 0.133 e. The largest absolute Gasteiger partial charge is 0.492 e. The maximum atomic E-state index is 5.75. The van der Waals surface area contributed by atoms with E-state index in [1.165, 1.54) is 18.4 Å². The molecule has 0 atom stereocenters. The first-order valence-electron chi connectivity index (χ1n) is 6.78. The summed E-state index contributed by atoms with van der Waals surface area (Å²) in [6.07, 6.45) is 3.58. The van der Waals surface area contributed by atoms with Crippen LogP contribution < -0.4 is 10.1 Å². The van der Waals surface area contributed by atoms with Gasteiger partial charge in [-0.05, 0) is 40.0 Å². The summed E-state index contributed by atoms with van der Waals surface area (Å²) in [5, 5.41) is 3.41. The minimum Gasteiger partial charge on any atom is -0.492 e. The van der Waals surface area contributed by atoms with Crippen LogP contribution in [0.1, 0.15) is 45.6 Å². The van der Waals surface area contributed by atoms with Gasteiger partial charge < -0.3 is 10.1 Å². The Morgan fingerprint density at radius 1 is 1.28 bits per heavy atom. The first-order valence-corrected chi connectivity index (χ1v) is 7.57. The summed E-state index contributed by atoms with van der Waals surface area (Å²) in [7, 11) is 0. The lowest BCUT2D eigenvalue weighted by atomic mass is 10.2. The van der Waals surface area contributed by atoms with Gasteiger partial charge in [-0.15, -0.1) is 0 Å². The molecule has 0 heterocycles. The Kier molecular flexibility index (Phi) is 7.36. The third-order valence-corrected chi connectivity index (χ3v) is 3.34. The van der Waals surface area contributed by atoms with Gasteiger partial charge in [0.15, 0.2) is 0 Å². The Morgan fingerprint density at radius 2 is 2.06 bits per heavy atom. The highest BCUT2D eigenvalue weighted by Gasteiger charge is 2.03. The van der Waals surface area contributed by atoms with Crippen molar-refractivity contribution in [1.82, 2.24) is 5.32 Å². The summed E-state index contributed by atoms with van der Waals surface area (Å²) in [6.45, 7) is 8.20. The van der Waals surface area contributed by atoms with Crippen LogP contribution in [0.15, 0.2) is 22.7 Å². The number of benzene rings is 1. The number of ether oxygens (including phenoxy) is 1. The van der Waals surface area contributed by atoms with E-state index in [0.29, 0.717) is 6.04 Å². The molecule has 0 bridgehead atoms. The van der Waals surface area contributed by atoms with Gasteiger partial charge >= 0.3 is 0 Å². The molecule has 0 unspecified atom stereocenters. The normalized spacial score (nSPS) is 10.9. The van der Waals surface area contributed by atoms with Crippen molar-refractivity contribution in [3.63, 3.8) is 0 Å². The summed E-state index contributed by atoms with van der Waals surface area (Å²) in [5.74, 6) is 0.944. The fraction of sp³-hybridized carbons (Fsp3) is 0.600. The topological polar surface area (TPSA) is 21.3 Å². The van der Waals surface area contributed by atoms with E-state index in [4.69, 9.17) is 4.74 Å². The second-order valence-corrected chi connectivity index (χ2v) is 5.71. The van der Waals surface area contributed by atoms with Crippen molar-refractivity contribution < 1.29 is 4.74 Å². The van der Waals surface area contributed by atoms with E-state index in [1.807, 2.05) is 6.07 Å². The second kappa shape index (κ2) is 8.54. The Balaban J connectivity index is 2.46. The molecule has 0 saturated carbocycles. The molecule has 3 heteroatoms. The molecule has 0 aromatic heterocycles. The van der Waals surface area contributed by atoms with Gasteiger partial charge in [-0.3, -0.25) is 0 Å². The predicted octanol–water partition coefficient (Wildman–Crippen LogP) is 4.52. The molecule has 2 nitrogen and oxygen atoms in total. The van der Waals surface area contributed by atoms with E-state index in [1.54, 1.807) is 0 Å². The molecule has 0 aliphatic carbocycles. The van der Waals surface area contributed by atoms with Gasteiger partial charge in [0.2, 0.25) is 0 Å². The monoisotopic (exact) mass is 313 g/mol. The fourth-order valence-corrected chi connectivity index (χ4v) is 2.17. The van der Waals surface area contributed by atoms with Gasteiger partial charge in [-0.2, -0.15) is 0 Å². The van der Waals surface area contributed by atoms with Crippen LogP contribution in [0.5, 0.6) is 5.75 Å². The van der Waals surface area contributed by atoms with Gasteiger partial charge in [-0.1, -0.05) is 39.7 Å². The molecule has 1 aromatic carbocycles. The average Bonchev–Trinajstić information content (AvgIpc) is 2.34. The van der Waals surface area contributed by atoms with Crippen LogP contribution in [0.3, 0.4) is 0 Å². The van der Waals surface area contributed by atoms with Crippen molar-refractivity contribution in [2.24, 2.45) is 0 Å². The molecule has 1 rings (SSSR count). The summed E-state index contributed by atoms with van der Waals surface area (Å²) in [4.78, 5) is 0. The molecule has 1 N–H and O–H groups in total. The van der Waals surface area contributed by atoms with Crippen molar-refractivity contribution in [1.29, 1.82) is 0 Å². The maximum absolute atomic E-state index is 5.75. The summed E-state index contributed by atoms with van der Waals surface area (Å²) >= 11 is 3.57. The summed E-state index contributed by atoms with van der Waals surface area (Å²) in [6, 6.07) is 6.81. The standard InChI is InChI=1S/C15H24BrNO/c1-4-5-6-9-18-15-8-7-13(10-14(15)16)11-17-12(2)3/h7-8,10,12,17H,4-6,9,11H2,1-3H3. The lowest BCUT2D eigenvalue weighted by Crippen LogP contribution is -2.21. The van der Waals surface area contributed by atoms with Gasteiger partial charge in [0, 0.05) is 12.6 Å². The van der Waals surface area contributed by atoms with Crippen molar-refractivity contribution >= 4 is 15.9 Å². The van der Waals surface area contributed by atoms with E-state index in [2.05, 4.69) is 54.2 Å². The minimum atomic E-state index is 0.508. The zero-order valence-electron chi connectivity index (χ0n) is 11.6. The van der Waals surface area contributed by atoms with Crippen LogP contribution in [0, 0.1) is 0 Å². The zero-order valence-corrected chi connectivity index (χ0v) is 13.2. The van der Waals surface area contributed by atoms with Gasteiger partial charge in [0.1, 0.15) is 5.75 Å². The Hall–Kier alpha value is -0.540. The average molecular weight is 314 g/mol. The molecule has 0 aliphatic heterocycles.